The van der Waals surface area contributed by atoms with E-state index in [0.717, 1.165) is 59.5 Å². The summed E-state index contributed by atoms with van der Waals surface area (Å²) in [5.74, 6) is 0.651. The summed E-state index contributed by atoms with van der Waals surface area (Å²) in [5, 5.41) is 8.61. The van der Waals surface area contributed by atoms with Gasteiger partial charge in [0.2, 0.25) is 0 Å². The smallest absolute Gasteiger partial charge is 0.268 e. The van der Waals surface area contributed by atoms with Crippen molar-refractivity contribution in [1.29, 1.82) is 0 Å². The maximum absolute atomic E-state index is 13.4. The molecule has 4 heterocycles. The number of nitrogens with one attached hydrogen (secondary N) is 1. The molecule has 5 rings (SSSR count). The van der Waals surface area contributed by atoms with Gasteiger partial charge < -0.3 is 19.3 Å². The molecule has 0 bridgehead atoms. The second kappa shape index (κ2) is 9.33. The normalized spacial score (nSPS) is 15.4. The summed E-state index contributed by atoms with van der Waals surface area (Å²) in [6.45, 7) is 7.82. The van der Waals surface area contributed by atoms with Gasteiger partial charge in [0, 0.05) is 30.6 Å². The Morgan fingerprint density at radius 3 is 2.79 bits per heavy atom. The molecule has 0 atom stereocenters. The van der Waals surface area contributed by atoms with E-state index in [1.165, 1.54) is 11.3 Å². The maximum atomic E-state index is 13.4. The molecule has 1 aliphatic rings. The molecule has 8 heteroatoms. The molecule has 4 aromatic rings. The van der Waals surface area contributed by atoms with Crippen LogP contribution in [-0.4, -0.2) is 46.2 Å². The Morgan fingerprint density at radius 1 is 1.24 bits per heavy atom. The second-order valence-corrected chi connectivity index (χ2v) is 10.3. The van der Waals surface area contributed by atoms with E-state index in [0.29, 0.717) is 22.3 Å². The van der Waals surface area contributed by atoms with Crippen LogP contribution in [0.4, 0.5) is 0 Å². The van der Waals surface area contributed by atoms with Crippen LogP contribution in [0.2, 0.25) is 4.34 Å². The van der Waals surface area contributed by atoms with E-state index in [1.54, 1.807) is 0 Å². The molecule has 6 nitrogen and oxygen atoms in total. The number of carbonyl (C=O) groups excluding carboxylic acids is 1. The summed E-state index contributed by atoms with van der Waals surface area (Å²) in [6.07, 6.45) is 1.96. The number of likely N-dealkylation sites (tertiary alicyclic amines) is 1. The molecule has 0 aliphatic carbocycles. The van der Waals surface area contributed by atoms with Gasteiger partial charge in [0.05, 0.1) is 21.3 Å². The molecule has 1 aliphatic heterocycles. The van der Waals surface area contributed by atoms with Crippen molar-refractivity contribution in [2.75, 3.05) is 19.6 Å². The van der Waals surface area contributed by atoms with Gasteiger partial charge in [-0.25, -0.2) is 0 Å². The Labute approximate surface area is 202 Å². The SMILES string of the molecule is CCN1CCC(NC(=O)c2cc3cccc(C)c3n2Cc2cc(-c3ccc(Cl)s3)on2)CC1. The van der Waals surface area contributed by atoms with Gasteiger partial charge in [-0.15, -0.1) is 11.3 Å². The molecule has 3 aromatic heterocycles. The summed E-state index contributed by atoms with van der Waals surface area (Å²) in [6, 6.07) is 14.0. The lowest BCUT2D eigenvalue weighted by molar-refractivity contribution is 0.0904. The van der Waals surface area contributed by atoms with E-state index in [1.807, 2.05) is 30.3 Å². The predicted molar refractivity (Wildman–Crippen MR) is 133 cm³/mol. The molecule has 0 saturated carbocycles. The lowest BCUT2D eigenvalue weighted by Crippen LogP contribution is -2.44. The van der Waals surface area contributed by atoms with Crippen LogP contribution in [0.15, 0.2) is 47.0 Å². The van der Waals surface area contributed by atoms with Crippen molar-refractivity contribution < 1.29 is 9.32 Å². The molecule has 1 aromatic carbocycles. The van der Waals surface area contributed by atoms with Gasteiger partial charge in [-0.2, -0.15) is 0 Å². The topological polar surface area (TPSA) is 63.3 Å². The van der Waals surface area contributed by atoms with Gasteiger partial charge >= 0.3 is 0 Å². The number of thiophene rings is 1. The number of amides is 1. The first-order valence-corrected chi connectivity index (χ1v) is 12.5. The minimum Gasteiger partial charge on any atom is -0.355 e. The van der Waals surface area contributed by atoms with Gasteiger partial charge in [0.1, 0.15) is 11.4 Å². The fourth-order valence-corrected chi connectivity index (χ4v) is 5.62. The third-order valence-electron chi connectivity index (χ3n) is 6.42. The summed E-state index contributed by atoms with van der Waals surface area (Å²) in [7, 11) is 0. The maximum Gasteiger partial charge on any atom is 0.268 e. The van der Waals surface area contributed by atoms with E-state index in [9.17, 15) is 4.79 Å². The number of benzene rings is 1. The molecule has 33 heavy (non-hydrogen) atoms. The molecule has 1 saturated heterocycles. The number of carbonyl (C=O) groups is 1. The highest BCUT2D eigenvalue weighted by molar-refractivity contribution is 7.19. The number of aryl methyl sites for hydroxylation is 1. The number of nitrogens with zero attached hydrogens (tertiary/aromatic N) is 3. The zero-order valence-electron chi connectivity index (χ0n) is 18.8. The minimum absolute atomic E-state index is 0.0331. The van der Waals surface area contributed by atoms with Crippen molar-refractivity contribution in [3.05, 3.63) is 63.8 Å². The molecule has 0 radical (unpaired) electrons. The third-order valence-corrected chi connectivity index (χ3v) is 7.67. The molecule has 0 spiro atoms. The Balaban J connectivity index is 1.43. The van der Waals surface area contributed by atoms with Crippen molar-refractivity contribution in [3.8, 4) is 10.6 Å². The summed E-state index contributed by atoms with van der Waals surface area (Å²) >= 11 is 7.53. The number of piperidine rings is 1. The van der Waals surface area contributed by atoms with Crippen LogP contribution in [0.5, 0.6) is 0 Å². The van der Waals surface area contributed by atoms with Gasteiger partial charge in [-0.3, -0.25) is 4.79 Å². The fourth-order valence-electron chi connectivity index (χ4n) is 4.63. The van der Waals surface area contributed by atoms with Crippen LogP contribution in [-0.2, 0) is 6.54 Å². The number of halogens is 1. The zero-order valence-corrected chi connectivity index (χ0v) is 20.4. The van der Waals surface area contributed by atoms with Crippen LogP contribution in [0, 0.1) is 6.92 Å². The van der Waals surface area contributed by atoms with Crippen molar-refractivity contribution in [2.24, 2.45) is 0 Å². The van der Waals surface area contributed by atoms with Crippen LogP contribution in [0.3, 0.4) is 0 Å². The van der Waals surface area contributed by atoms with Crippen LogP contribution >= 0.6 is 22.9 Å². The van der Waals surface area contributed by atoms with E-state index in [4.69, 9.17) is 16.1 Å². The van der Waals surface area contributed by atoms with E-state index in [2.05, 4.69) is 45.9 Å². The van der Waals surface area contributed by atoms with E-state index >= 15 is 0 Å². The van der Waals surface area contributed by atoms with Crippen LogP contribution in [0.25, 0.3) is 21.5 Å². The molecule has 1 amide bonds. The Hall–Kier alpha value is -2.61. The molecular weight excluding hydrogens is 456 g/mol. The van der Waals surface area contributed by atoms with Gasteiger partial charge in [-0.05, 0) is 50.1 Å². The number of fused-ring (bicyclic) bond motifs is 1. The van der Waals surface area contributed by atoms with E-state index < -0.39 is 0 Å². The van der Waals surface area contributed by atoms with Crippen molar-refractivity contribution in [3.63, 3.8) is 0 Å². The Kier molecular flexibility index (Phi) is 6.27. The zero-order chi connectivity index (χ0) is 22.9. The number of para-hydroxylation sites is 1. The first-order chi connectivity index (χ1) is 16.0. The second-order valence-electron chi connectivity index (χ2n) is 8.60. The van der Waals surface area contributed by atoms with Gasteiger partial charge in [0.25, 0.3) is 5.91 Å². The van der Waals surface area contributed by atoms with E-state index in [-0.39, 0.29) is 11.9 Å². The number of hydrogen-bond donors (Lipinski definition) is 1. The van der Waals surface area contributed by atoms with Crippen LogP contribution < -0.4 is 5.32 Å². The number of rotatable bonds is 6. The molecular formula is C25H27ClN4O2S. The lowest BCUT2D eigenvalue weighted by Gasteiger charge is -2.31. The van der Waals surface area contributed by atoms with Gasteiger partial charge in [-0.1, -0.05) is 41.9 Å². The Morgan fingerprint density at radius 2 is 2.06 bits per heavy atom. The average Bonchev–Trinajstić information content (AvgIpc) is 3.54. The fraction of sp³-hybridized carbons (Fsp3) is 0.360. The standard InChI is InChI=1S/C25H27ClN4O2S/c1-3-29-11-9-18(10-12-29)27-25(31)20-13-17-6-4-5-16(2)24(17)30(20)15-19-14-21(32-28-19)22-7-8-23(26)33-22/h4-8,13-14,18H,3,9-12,15H2,1-2H3,(H,27,31). The summed E-state index contributed by atoms with van der Waals surface area (Å²) in [5.41, 5.74) is 3.59. The highest BCUT2D eigenvalue weighted by Gasteiger charge is 2.24. The first-order valence-electron chi connectivity index (χ1n) is 11.3. The van der Waals surface area contributed by atoms with Crippen molar-refractivity contribution >= 4 is 39.7 Å². The molecule has 0 unspecified atom stereocenters. The van der Waals surface area contributed by atoms with Crippen molar-refractivity contribution in [1.82, 2.24) is 19.9 Å². The van der Waals surface area contributed by atoms with Crippen molar-refractivity contribution in [2.45, 2.75) is 39.3 Å². The lowest BCUT2D eigenvalue weighted by atomic mass is 10.0. The molecule has 172 valence electrons. The molecule has 1 fully saturated rings. The molecule has 1 N–H and O–H groups in total. The number of hydrogen-bond acceptors (Lipinski definition) is 5. The van der Waals surface area contributed by atoms with Gasteiger partial charge in [0.15, 0.2) is 5.76 Å². The predicted octanol–water partition coefficient (Wildman–Crippen LogP) is 5.58. The number of aromatic nitrogens is 2. The first kappa shape index (κ1) is 22.2. The Bertz CT molecular complexity index is 1280. The monoisotopic (exact) mass is 482 g/mol. The quantitative estimate of drug-likeness (QED) is 0.389. The average molecular weight is 483 g/mol. The summed E-state index contributed by atoms with van der Waals surface area (Å²) in [4.78, 5) is 16.7. The van der Waals surface area contributed by atoms with Crippen LogP contribution in [0.1, 0.15) is 41.5 Å². The highest BCUT2D eigenvalue weighted by Crippen LogP contribution is 2.32. The minimum atomic E-state index is -0.0331. The third kappa shape index (κ3) is 4.58. The highest BCUT2D eigenvalue weighted by atomic mass is 35.5. The summed E-state index contributed by atoms with van der Waals surface area (Å²) < 4.78 is 8.35. The largest absolute Gasteiger partial charge is 0.355 e.